The molecule has 2 heterocycles. The molecule has 2 rings (SSSR count). The fourth-order valence-corrected chi connectivity index (χ4v) is 2.02. The number of aryl methyl sites for hydroxylation is 1. The molecule has 1 aliphatic heterocycles. The predicted molar refractivity (Wildman–Crippen MR) is 64.7 cm³/mol. The van der Waals surface area contributed by atoms with E-state index < -0.39 is 17.4 Å². The highest BCUT2D eigenvalue weighted by Gasteiger charge is 2.48. The third-order valence-electron chi connectivity index (χ3n) is 3.37. The lowest BCUT2D eigenvalue weighted by Crippen LogP contribution is -2.56. The van der Waals surface area contributed by atoms with Gasteiger partial charge >= 0.3 is 5.97 Å². The molecule has 0 saturated carbocycles. The molecule has 7 nitrogen and oxygen atoms in total. The lowest BCUT2D eigenvalue weighted by Gasteiger charge is -2.33. The number of aromatic nitrogens is 2. The maximum Gasteiger partial charge on any atom is 0.332 e. The molecular formula is C12H15N3O4. The average Bonchev–Trinajstić information content (AvgIpc) is 2.88. The number of carboxylic acid groups (broad SMARTS) is 1. The van der Waals surface area contributed by atoms with Gasteiger partial charge in [-0.3, -0.25) is 4.79 Å². The quantitative estimate of drug-likeness (QED) is 0.833. The molecule has 102 valence electrons. The Hall–Kier alpha value is -2.02. The molecule has 1 aromatic rings. The van der Waals surface area contributed by atoms with Crippen molar-refractivity contribution in [2.24, 2.45) is 0 Å². The molecule has 1 aliphatic rings. The van der Waals surface area contributed by atoms with Gasteiger partial charge in [-0.25, -0.2) is 14.8 Å². The average molecular weight is 265 g/mol. The molecule has 0 aromatic carbocycles. The zero-order valence-electron chi connectivity index (χ0n) is 10.8. The van der Waals surface area contributed by atoms with Gasteiger partial charge in [0.1, 0.15) is 5.82 Å². The molecule has 0 spiro atoms. The number of hydrogen-bond acceptors (Lipinski definition) is 5. The summed E-state index contributed by atoms with van der Waals surface area (Å²) in [4.78, 5) is 32.8. The molecule has 0 aliphatic carbocycles. The van der Waals surface area contributed by atoms with Crippen LogP contribution in [0.25, 0.3) is 0 Å². The number of carboxylic acids is 1. The maximum atomic E-state index is 12.3. The first-order valence-electron chi connectivity index (χ1n) is 5.85. The van der Waals surface area contributed by atoms with Crippen LogP contribution in [0, 0.1) is 6.92 Å². The number of carbonyl (C=O) groups excluding carboxylic acids is 1. The van der Waals surface area contributed by atoms with Crippen LogP contribution in [-0.2, 0) is 9.53 Å². The molecule has 1 atom stereocenters. The van der Waals surface area contributed by atoms with Crippen molar-refractivity contribution < 1.29 is 19.4 Å². The van der Waals surface area contributed by atoms with E-state index in [0.717, 1.165) is 0 Å². The van der Waals surface area contributed by atoms with Crippen LogP contribution in [-0.4, -0.2) is 57.7 Å². The first-order valence-corrected chi connectivity index (χ1v) is 5.85. The SMILES string of the molecule is Cc1ncc(C(=O)N(C)[C@@]2(C(=O)O)CCOC2)cn1. The number of ether oxygens (including phenoxy) is 1. The van der Waals surface area contributed by atoms with E-state index in [4.69, 9.17) is 4.74 Å². The number of hydrogen-bond donors (Lipinski definition) is 1. The molecule has 1 aromatic heterocycles. The van der Waals surface area contributed by atoms with Crippen molar-refractivity contribution in [2.45, 2.75) is 18.9 Å². The molecule has 0 unspecified atom stereocenters. The van der Waals surface area contributed by atoms with Gasteiger partial charge in [0, 0.05) is 32.5 Å². The third kappa shape index (κ3) is 2.28. The smallest absolute Gasteiger partial charge is 0.332 e. The molecular weight excluding hydrogens is 250 g/mol. The fraction of sp³-hybridized carbons (Fsp3) is 0.500. The fourth-order valence-electron chi connectivity index (χ4n) is 2.02. The van der Waals surface area contributed by atoms with E-state index in [0.29, 0.717) is 12.4 Å². The lowest BCUT2D eigenvalue weighted by molar-refractivity contribution is -0.149. The van der Waals surface area contributed by atoms with Crippen molar-refractivity contribution >= 4 is 11.9 Å². The molecule has 1 fully saturated rings. The first kappa shape index (κ1) is 13.4. The summed E-state index contributed by atoms with van der Waals surface area (Å²) < 4.78 is 5.14. The summed E-state index contributed by atoms with van der Waals surface area (Å²) in [5, 5.41) is 9.37. The van der Waals surface area contributed by atoms with Crippen molar-refractivity contribution in [3.8, 4) is 0 Å². The van der Waals surface area contributed by atoms with Crippen molar-refractivity contribution in [3.05, 3.63) is 23.8 Å². The Morgan fingerprint density at radius 3 is 2.53 bits per heavy atom. The largest absolute Gasteiger partial charge is 0.479 e. The first-order chi connectivity index (χ1) is 8.97. The van der Waals surface area contributed by atoms with Crippen LogP contribution in [0.15, 0.2) is 12.4 Å². The highest BCUT2D eigenvalue weighted by Crippen LogP contribution is 2.26. The van der Waals surface area contributed by atoms with Crippen LogP contribution in [0.5, 0.6) is 0 Å². The van der Waals surface area contributed by atoms with Gasteiger partial charge in [0.2, 0.25) is 0 Å². The minimum absolute atomic E-state index is 0.00269. The monoisotopic (exact) mass is 265 g/mol. The highest BCUT2D eigenvalue weighted by molar-refractivity contribution is 5.97. The zero-order valence-corrected chi connectivity index (χ0v) is 10.8. The van der Waals surface area contributed by atoms with Gasteiger partial charge in [0.15, 0.2) is 5.54 Å². The summed E-state index contributed by atoms with van der Waals surface area (Å²) in [5.74, 6) is -0.932. The molecule has 1 saturated heterocycles. The number of aliphatic carboxylic acids is 1. The van der Waals surface area contributed by atoms with Gasteiger partial charge in [0.25, 0.3) is 5.91 Å². The van der Waals surface area contributed by atoms with E-state index in [9.17, 15) is 14.7 Å². The third-order valence-corrected chi connectivity index (χ3v) is 3.37. The molecule has 1 amide bonds. The Morgan fingerprint density at radius 2 is 2.05 bits per heavy atom. The Balaban J connectivity index is 2.27. The van der Waals surface area contributed by atoms with E-state index >= 15 is 0 Å². The van der Waals surface area contributed by atoms with E-state index in [1.54, 1.807) is 6.92 Å². The lowest BCUT2D eigenvalue weighted by atomic mass is 9.96. The van der Waals surface area contributed by atoms with Gasteiger partial charge in [0.05, 0.1) is 12.2 Å². The molecule has 0 bridgehead atoms. The van der Waals surface area contributed by atoms with Gasteiger partial charge in [-0.2, -0.15) is 0 Å². The summed E-state index contributed by atoms with van der Waals surface area (Å²) in [7, 11) is 1.46. The van der Waals surface area contributed by atoms with Crippen molar-refractivity contribution in [2.75, 3.05) is 20.3 Å². The zero-order chi connectivity index (χ0) is 14.0. The van der Waals surface area contributed by atoms with Gasteiger partial charge in [-0.15, -0.1) is 0 Å². The summed E-state index contributed by atoms with van der Waals surface area (Å²) in [6.45, 7) is 2.03. The summed E-state index contributed by atoms with van der Waals surface area (Å²) in [6, 6.07) is 0. The second-order valence-electron chi connectivity index (χ2n) is 4.52. The van der Waals surface area contributed by atoms with Crippen LogP contribution in [0.3, 0.4) is 0 Å². The van der Waals surface area contributed by atoms with Crippen molar-refractivity contribution in [1.82, 2.24) is 14.9 Å². The number of nitrogens with zero attached hydrogens (tertiary/aromatic N) is 3. The topological polar surface area (TPSA) is 92.6 Å². The Morgan fingerprint density at radius 1 is 1.42 bits per heavy atom. The normalized spacial score (nSPS) is 22.2. The van der Waals surface area contributed by atoms with Gasteiger partial charge < -0.3 is 14.7 Å². The van der Waals surface area contributed by atoms with Crippen LogP contribution >= 0.6 is 0 Å². The highest BCUT2D eigenvalue weighted by atomic mass is 16.5. The van der Waals surface area contributed by atoms with Gasteiger partial charge in [-0.05, 0) is 6.92 Å². The van der Waals surface area contributed by atoms with Crippen molar-refractivity contribution in [1.29, 1.82) is 0 Å². The van der Waals surface area contributed by atoms with Crippen molar-refractivity contribution in [3.63, 3.8) is 0 Å². The minimum Gasteiger partial charge on any atom is -0.479 e. The standard InChI is InChI=1S/C12H15N3O4/c1-8-13-5-9(6-14-8)10(16)15(2)12(11(17)18)3-4-19-7-12/h5-6H,3-4,7H2,1-2H3,(H,17,18)/t12-/m0/s1. The second kappa shape index (κ2) is 4.93. The molecule has 19 heavy (non-hydrogen) atoms. The summed E-state index contributed by atoms with van der Waals surface area (Å²) in [6.07, 6.45) is 3.07. The molecule has 0 radical (unpaired) electrons. The van der Waals surface area contributed by atoms with Crippen LogP contribution in [0.1, 0.15) is 22.6 Å². The minimum atomic E-state index is -1.30. The van der Waals surface area contributed by atoms with E-state index in [1.807, 2.05) is 0 Å². The van der Waals surface area contributed by atoms with Crippen LogP contribution < -0.4 is 0 Å². The number of likely N-dealkylation sites (N-methyl/N-ethyl adjacent to an activating group) is 1. The maximum absolute atomic E-state index is 12.3. The summed E-state index contributed by atoms with van der Waals surface area (Å²) >= 11 is 0. The predicted octanol–water partition coefficient (Wildman–Crippen LogP) is 0.101. The van der Waals surface area contributed by atoms with Crippen LogP contribution in [0.4, 0.5) is 0 Å². The van der Waals surface area contributed by atoms with Gasteiger partial charge in [-0.1, -0.05) is 0 Å². The number of amides is 1. The Bertz CT molecular complexity index is 494. The Labute approximate surface area is 110 Å². The van der Waals surface area contributed by atoms with E-state index in [-0.39, 0.29) is 18.6 Å². The number of carbonyl (C=O) groups is 2. The van der Waals surface area contributed by atoms with E-state index in [1.165, 1.54) is 24.3 Å². The second-order valence-corrected chi connectivity index (χ2v) is 4.52. The van der Waals surface area contributed by atoms with E-state index in [2.05, 4.69) is 9.97 Å². The summed E-state index contributed by atoms with van der Waals surface area (Å²) in [5.41, 5.74) is -1.04. The molecule has 7 heteroatoms. The number of rotatable bonds is 3. The molecule has 1 N–H and O–H groups in total. The van der Waals surface area contributed by atoms with Crippen LogP contribution in [0.2, 0.25) is 0 Å². The Kier molecular flexibility index (Phi) is 3.48.